The van der Waals surface area contributed by atoms with Crippen molar-refractivity contribution in [2.45, 2.75) is 19.9 Å². The molecule has 0 spiro atoms. The van der Waals surface area contributed by atoms with Gasteiger partial charge in [0.1, 0.15) is 0 Å². The normalized spacial score (nSPS) is 11.9. The van der Waals surface area contributed by atoms with Gasteiger partial charge >= 0.3 is 0 Å². The molecule has 0 saturated heterocycles. The zero-order valence-electron chi connectivity index (χ0n) is 11.0. The van der Waals surface area contributed by atoms with Crippen molar-refractivity contribution in [2.24, 2.45) is 0 Å². The molecule has 0 aliphatic carbocycles. The standard InChI is InChI=1S/C16H16BrNO/c1-11-10-14(8-9-15(11)17)16(19)18-12(2)13-6-4-3-5-7-13/h3-10,12H,1-2H3,(H,18,19)/t12-/m0/s1. The van der Waals surface area contributed by atoms with Crippen molar-refractivity contribution < 1.29 is 4.79 Å². The molecule has 98 valence electrons. The number of benzene rings is 2. The summed E-state index contributed by atoms with van der Waals surface area (Å²) in [6.45, 7) is 3.96. The molecule has 0 fully saturated rings. The summed E-state index contributed by atoms with van der Waals surface area (Å²) < 4.78 is 1.01. The zero-order chi connectivity index (χ0) is 13.8. The molecule has 1 amide bonds. The van der Waals surface area contributed by atoms with Crippen LogP contribution in [0.3, 0.4) is 0 Å². The molecule has 0 saturated carbocycles. The minimum atomic E-state index is -0.0491. The van der Waals surface area contributed by atoms with Gasteiger partial charge in [0.05, 0.1) is 6.04 Å². The van der Waals surface area contributed by atoms with Gasteiger partial charge in [-0.05, 0) is 43.2 Å². The Balaban J connectivity index is 2.11. The number of hydrogen-bond acceptors (Lipinski definition) is 1. The molecule has 0 unspecified atom stereocenters. The number of nitrogens with one attached hydrogen (secondary N) is 1. The third kappa shape index (κ3) is 3.44. The highest BCUT2D eigenvalue weighted by Crippen LogP contribution is 2.18. The summed E-state index contributed by atoms with van der Waals surface area (Å²) in [5, 5.41) is 3.00. The van der Waals surface area contributed by atoms with Crippen LogP contribution in [0.5, 0.6) is 0 Å². The van der Waals surface area contributed by atoms with Crippen molar-refractivity contribution in [3.8, 4) is 0 Å². The Bertz CT molecular complexity index is 581. The van der Waals surface area contributed by atoms with Crippen LogP contribution in [-0.4, -0.2) is 5.91 Å². The van der Waals surface area contributed by atoms with E-state index in [2.05, 4.69) is 21.2 Å². The summed E-state index contributed by atoms with van der Waals surface area (Å²) >= 11 is 3.43. The van der Waals surface area contributed by atoms with Crippen LogP contribution in [0.1, 0.15) is 34.5 Å². The largest absolute Gasteiger partial charge is 0.346 e. The van der Waals surface area contributed by atoms with Gasteiger partial charge in [-0.3, -0.25) is 4.79 Å². The van der Waals surface area contributed by atoms with Crippen molar-refractivity contribution in [3.63, 3.8) is 0 Å². The van der Waals surface area contributed by atoms with Crippen LogP contribution in [0, 0.1) is 6.92 Å². The van der Waals surface area contributed by atoms with Gasteiger partial charge in [-0.25, -0.2) is 0 Å². The molecule has 19 heavy (non-hydrogen) atoms. The van der Waals surface area contributed by atoms with Gasteiger partial charge in [0, 0.05) is 10.0 Å². The predicted molar refractivity (Wildman–Crippen MR) is 81.2 cm³/mol. The fourth-order valence-corrected chi connectivity index (χ4v) is 2.14. The second kappa shape index (κ2) is 6.02. The lowest BCUT2D eigenvalue weighted by molar-refractivity contribution is 0.0940. The molecule has 2 nitrogen and oxygen atoms in total. The summed E-state index contributed by atoms with van der Waals surface area (Å²) in [4.78, 5) is 12.2. The van der Waals surface area contributed by atoms with Gasteiger partial charge in [-0.2, -0.15) is 0 Å². The highest BCUT2D eigenvalue weighted by molar-refractivity contribution is 9.10. The molecule has 1 N–H and O–H groups in total. The predicted octanol–water partition coefficient (Wildman–Crippen LogP) is 4.25. The number of aryl methyl sites for hydroxylation is 1. The number of halogens is 1. The number of rotatable bonds is 3. The molecule has 0 aliphatic heterocycles. The van der Waals surface area contributed by atoms with Crippen LogP contribution >= 0.6 is 15.9 Å². The molecular formula is C16H16BrNO. The van der Waals surface area contributed by atoms with Crippen LogP contribution in [0.15, 0.2) is 53.0 Å². The van der Waals surface area contributed by atoms with Gasteiger partial charge in [0.2, 0.25) is 0 Å². The number of amides is 1. The van der Waals surface area contributed by atoms with Crippen molar-refractivity contribution in [3.05, 3.63) is 69.7 Å². The first-order valence-electron chi connectivity index (χ1n) is 6.20. The molecule has 2 rings (SSSR count). The van der Waals surface area contributed by atoms with Crippen molar-refractivity contribution in [1.29, 1.82) is 0 Å². The van der Waals surface area contributed by atoms with Crippen LogP contribution in [-0.2, 0) is 0 Å². The first kappa shape index (κ1) is 13.8. The van der Waals surface area contributed by atoms with Crippen molar-refractivity contribution >= 4 is 21.8 Å². The van der Waals surface area contributed by atoms with E-state index in [0.717, 1.165) is 15.6 Å². The molecule has 0 aromatic heterocycles. The van der Waals surface area contributed by atoms with E-state index < -0.39 is 0 Å². The van der Waals surface area contributed by atoms with Gasteiger partial charge in [-0.15, -0.1) is 0 Å². The molecule has 2 aromatic carbocycles. The van der Waals surface area contributed by atoms with Crippen molar-refractivity contribution in [2.75, 3.05) is 0 Å². The van der Waals surface area contributed by atoms with E-state index in [0.29, 0.717) is 5.56 Å². The van der Waals surface area contributed by atoms with E-state index in [1.807, 2.05) is 62.4 Å². The Labute approximate surface area is 122 Å². The second-order valence-corrected chi connectivity index (χ2v) is 5.42. The Morgan fingerprint density at radius 3 is 2.47 bits per heavy atom. The Kier molecular flexibility index (Phi) is 4.38. The van der Waals surface area contributed by atoms with Crippen LogP contribution in [0.25, 0.3) is 0 Å². The van der Waals surface area contributed by atoms with Crippen LogP contribution < -0.4 is 5.32 Å². The molecular weight excluding hydrogens is 302 g/mol. The molecule has 0 heterocycles. The lowest BCUT2D eigenvalue weighted by Gasteiger charge is -2.14. The SMILES string of the molecule is Cc1cc(C(=O)N[C@@H](C)c2ccccc2)ccc1Br. The molecule has 0 radical (unpaired) electrons. The molecule has 1 atom stereocenters. The van der Waals surface area contributed by atoms with Crippen molar-refractivity contribution in [1.82, 2.24) is 5.32 Å². The Hall–Kier alpha value is -1.61. The van der Waals surface area contributed by atoms with E-state index in [1.54, 1.807) is 0 Å². The summed E-state index contributed by atoms with van der Waals surface area (Å²) in [6.07, 6.45) is 0. The summed E-state index contributed by atoms with van der Waals surface area (Å²) in [6, 6.07) is 15.5. The third-order valence-electron chi connectivity index (χ3n) is 3.07. The van der Waals surface area contributed by atoms with Gasteiger partial charge in [-0.1, -0.05) is 46.3 Å². The number of hydrogen-bond donors (Lipinski definition) is 1. The topological polar surface area (TPSA) is 29.1 Å². The van der Waals surface area contributed by atoms with E-state index >= 15 is 0 Å². The monoisotopic (exact) mass is 317 g/mol. The van der Waals surface area contributed by atoms with E-state index in [9.17, 15) is 4.79 Å². The number of carbonyl (C=O) groups excluding carboxylic acids is 1. The highest BCUT2D eigenvalue weighted by atomic mass is 79.9. The lowest BCUT2D eigenvalue weighted by atomic mass is 10.1. The summed E-state index contributed by atoms with van der Waals surface area (Å²) in [7, 11) is 0. The first-order valence-corrected chi connectivity index (χ1v) is 6.99. The fraction of sp³-hybridized carbons (Fsp3) is 0.188. The van der Waals surface area contributed by atoms with Gasteiger partial charge in [0.25, 0.3) is 5.91 Å². The van der Waals surface area contributed by atoms with E-state index in [1.165, 1.54) is 0 Å². The zero-order valence-corrected chi connectivity index (χ0v) is 12.6. The minimum absolute atomic E-state index is 0.00217. The maximum absolute atomic E-state index is 12.2. The first-order chi connectivity index (χ1) is 9.08. The summed E-state index contributed by atoms with van der Waals surface area (Å²) in [5.74, 6) is -0.0491. The van der Waals surface area contributed by atoms with Gasteiger partial charge in [0.15, 0.2) is 0 Å². The van der Waals surface area contributed by atoms with Gasteiger partial charge < -0.3 is 5.32 Å². The van der Waals surface area contributed by atoms with Crippen LogP contribution in [0.2, 0.25) is 0 Å². The maximum Gasteiger partial charge on any atom is 0.251 e. The number of carbonyl (C=O) groups is 1. The van der Waals surface area contributed by atoms with Crippen LogP contribution in [0.4, 0.5) is 0 Å². The third-order valence-corrected chi connectivity index (χ3v) is 3.96. The molecule has 3 heteroatoms. The minimum Gasteiger partial charge on any atom is -0.346 e. The van der Waals surface area contributed by atoms with E-state index in [-0.39, 0.29) is 11.9 Å². The Morgan fingerprint density at radius 2 is 1.84 bits per heavy atom. The maximum atomic E-state index is 12.2. The second-order valence-electron chi connectivity index (χ2n) is 4.57. The Morgan fingerprint density at radius 1 is 1.16 bits per heavy atom. The lowest BCUT2D eigenvalue weighted by Crippen LogP contribution is -2.26. The smallest absolute Gasteiger partial charge is 0.251 e. The molecule has 0 aliphatic rings. The highest BCUT2D eigenvalue weighted by Gasteiger charge is 2.11. The average Bonchev–Trinajstić information content (AvgIpc) is 2.42. The molecule has 0 bridgehead atoms. The quantitative estimate of drug-likeness (QED) is 0.901. The molecule has 2 aromatic rings. The average molecular weight is 318 g/mol. The fourth-order valence-electron chi connectivity index (χ4n) is 1.89. The van der Waals surface area contributed by atoms with E-state index in [4.69, 9.17) is 0 Å². The summed E-state index contributed by atoms with van der Waals surface area (Å²) in [5.41, 5.74) is 2.84.